The number of nitrogens with one attached hydrogen (secondary N) is 1. The number of ether oxygens (including phenoxy) is 2. The fourth-order valence-electron chi connectivity index (χ4n) is 1.31. The fourth-order valence-corrected chi connectivity index (χ4v) is 1.31. The molecule has 1 aliphatic heterocycles. The van der Waals surface area contributed by atoms with Gasteiger partial charge in [-0.15, -0.1) is 0 Å². The molecule has 6 heteroatoms. The molecule has 0 bridgehead atoms. The second kappa shape index (κ2) is 5.53. The lowest BCUT2D eigenvalue weighted by molar-refractivity contribution is -0.908. The molecule has 0 aliphatic carbocycles. The zero-order chi connectivity index (χ0) is 10.4. The highest BCUT2D eigenvalue weighted by Crippen LogP contribution is 2.13. The van der Waals surface area contributed by atoms with Crippen LogP contribution in [0.4, 0.5) is 13.2 Å². The van der Waals surface area contributed by atoms with E-state index in [1.165, 1.54) is 4.90 Å². The topological polar surface area (TPSA) is 22.9 Å². The van der Waals surface area contributed by atoms with Gasteiger partial charge in [-0.2, -0.15) is 13.2 Å². The number of alkyl halides is 3. The van der Waals surface area contributed by atoms with Gasteiger partial charge in [0, 0.05) is 0 Å². The van der Waals surface area contributed by atoms with Crippen molar-refractivity contribution in [2.24, 2.45) is 0 Å². The lowest BCUT2D eigenvalue weighted by Gasteiger charge is -2.23. The summed E-state index contributed by atoms with van der Waals surface area (Å²) < 4.78 is 44.6. The van der Waals surface area contributed by atoms with Gasteiger partial charge in [0.1, 0.15) is 26.2 Å². The molecule has 0 unspecified atom stereocenters. The first-order chi connectivity index (χ1) is 6.58. The Kier molecular flexibility index (Phi) is 4.64. The summed E-state index contributed by atoms with van der Waals surface area (Å²) in [4.78, 5) is 1.25. The Morgan fingerprint density at radius 1 is 1.21 bits per heavy atom. The summed E-state index contributed by atoms with van der Waals surface area (Å²) in [6, 6.07) is 0. The van der Waals surface area contributed by atoms with Gasteiger partial charge in [0.2, 0.25) is 0 Å². The van der Waals surface area contributed by atoms with Crippen LogP contribution in [0.5, 0.6) is 0 Å². The van der Waals surface area contributed by atoms with Crippen LogP contribution < -0.4 is 4.90 Å². The molecule has 0 aromatic carbocycles. The molecule has 1 rings (SSSR count). The number of quaternary nitrogens is 1. The maximum Gasteiger partial charge on any atom is 0.411 e. The molecular formula is C8H15F3NO2+. The standard InChI is InChI=1S/C8H14F3NO2/c9-8(10,11)7-14-6-3-12-1-4-13-5-2-12/h1-7H2/p+1. The number of rotatable bonds is 4. The molecule has 1 fully saturated rings. The van der Waals surface area contributed by atoms with Gasteiger partial charge in [0.25, 0.3) is 0 Å². The SMILES string of the molecule is FC(F)(F)COCC[NH+]1CCOCC1. The largest absolute Gasteiger partial charge is 0.411 e. The average molecular weight is 214 g/mol. The number of hydrogen-bond donors (Lipinski definition) is 1. The van der Waals surface area contributed by atoms with Crippen LogP contribution in [0.25, 0.3) is 0 Å². The molecule has 0 spiro atoms. The van der Waals surface area contributed by atoms with E-state index in [4.69, 9.17) is 4.74 Å². The van der Waals surface area contributed by atoms with E-state index in [0.717, 1.165) is 13.1 Å². The molecule has 1 N–H and O–H groups in total. The summed E-state index contributed by atoms with van der Waals surface area (Å²) in [5.41, 5.74) is 0. The average Bonchev–Trinajstić information content (AvgIpc) is 2.13. The summed E-state index contributed by atoms with van der Waals surface area (Å²) in [6.45, 7) is 2.74. The minimum atomic E-state index is -4.21. The van der Waals surface area contributed by atoms with Crippen LogP contribution in [0.15, 0.2) is 0 Å². The molecule has 3 nitrogen and oxygen atoms in total. The molecule has 84 valence electrons. The molecule has 14 heavy (non-hydrogen) atoms. The smallest absolute Gasteiger partial charge is 0.370 e. The first-order valence-electron chi connectivity index (χ1n) is 4.64. The molecule has 1 heterocycles. The molecule has 0 aromatic rings. The van der Waals surface area contributed by atoms with Crippen LogP contribution >= 0.6 is 0 Å². The Labute approximate surface area is 80.8 Å². The van der Waals surface area contributed by atoms with Crippen molar-refractivity contribution in [3.8, 4) is 0 Å². The number of halogens is 3. The lowest BCUT2D eigenvalue weighted by Crippen LogP contribution is -3.14. The quantitative estimate of drug-likeness (QED) is 0.636. The van der Waals surface area contributed by atoms with Crippen molar-refractivity contribution in [1.82, 2.24) is 0 Å². The Balaban J connectivity index is 1.97. The fraction of sp³-hybridized carbons (Fsp3) is 1.00. The van der Waals surface area contributed by atoms with Gasteiger partial charge >= 0.3 is 6.18 Å². The zero-order valence-electron chi connectivity index (χ0n) is 7.90. The monoisotopic (exact) mass is 214 g/mol. The van der Waals surface area contributed by atoms with Crippen LogP contribution in [0, 0.1) is 0 Å². The normalized spacial score (nSPS) is 19.9. The highest BCUT2D eigenvalue weighted by molar-refractivity contribution is 4.45. The lowest BCUT2D eigenvalue weighted by atomic mass is 10.4. The predicted octanol–water partition coefficient (Wildman–Crippen LogP) is -0.520. The number of hydrogen-bond acceptors (Lipinski definition) is 2. The second-order valence-corrected chi connectivity index (χ2v) is 3.28. The van der Waals surface area contributed by atoms with Crippen molar-refractivity contribution in [3.05, 3.63) is 0 Å². The highest BCUT2D eigenvalue weighted by atomic mass is 19.4. The third-order valence-electron chi connectivity index (χ3n) is 2.07. The Morgan fingerprint density at radius 2 is 1.86 bits per heavy atom. The third kappa shape index (κ3) is 5.41. The van der Waals surface area contributed by atoms with E-state index in [1.807, 2.05) is 0 Å². The molecule has 1 aliphatic rings. The summed E-state index contributed by atoms with van der Waals surface area (Å²) in [5, 5.41) is 0. The number of morpholine rings is 1. The molecular weight excluding hydrogens is 199 g/mol. The van der Waals surface area contributed by atoms with Crippen LogP contribution in [0.1, 0.15) is 0 Å². The minimum Gasteiger partial charge on any atom is -0.370 e. The highest BCUT2D eigenvalue weighted by Gasteiger charge is 2.27. The minimum absolute atomic E-state index is 0.162. The van der Waals surface area contributed by atoms with Crippen LogP contribution in [-0.4, -0.2) is 52.2 Å². The van der Waals surface area contributed by atoms with Crippen molar-refractivity contribution >= 4 is 0 Å². The van der Waals surface area contributed by atoms with Gasteiger partial charge in [0.15, 0.2) is 0 Å². The molecule has 0 amide bonds. The van der Waals surface area contributed by atoms with Gasteiger partial charge in [-0.3, -0.25) is 0 Å². The van der Waals surface area contributed by atoms with Gasteiger partial charge in [0.05, 0.1) is 19.8 Å². The van der Waals surface area contributed by atoms with Crippen LogP contribution in [0.2, 0.25) is 0 Å². The van der Waals surface area contributed by atoms with Crippen molar-refractivity contribution in [2.45, 2.75) is 6.18 Å². The predicted molar refractivity (Wildman–Crippen MR) is 43.3 cm³/mol. The van der Waals surface area contributed by atoms with Crippen molar-refractivity contribution in [2.75, 3.05) is 46.1 Å². The zero-order valence-corrected chi connectivity index (χ0v) is 7.90. The summed E-state index contributed by atoms with van der Waals surface area (Å²) in [7, 11) is 0. The van der Waals surface area contributed by atoms with E-state index in [2.05, 4.69) is 4.74 Å². The third-order valence-corrected chi connectivity index (χ3v) is 2.07. The Morgan fingerprint density at radius 3 is 2.43 bits per heavy atom. The summed E-state index contributed by atoms with van der Waals surface area (Å²) in [6.07, 6.45) is -4.21. The molecule has 0 atom stereocenters. The van der Waals surface area contributed by atoms with Crippen molar-refractivity contribution < 1.29 is 27.5 Å². The maximum atomic E-state index is 11.7. The summed E-state index contributed by atoms with van der Waals surface area (Å²) >= 11 is 0. The van der Waals surface area contributed by atoms with E-state index in [0.29, 0.717) is 19.8 Å². The van der Waals surface area contributed by atoms with E-state index >= 15 is 0 Å². The summed E-state index contributed by atoms with van der Waals surface area (Å²) in [5.74, 6) is 0. The second-order valence-electron chi connectivity index (χ2n) is 3.28. The van der Waals surface area contributed by atoms with Gasteiger partial charge in [-0.25, -0.2) is 0 Å². The molecule has 0 aromatic heterocycles. The molecule has 1 saturated heterocycles. The molecule has 0 saturated carbocycles. The maximum absolute atomic E-state index is 11.7. The van der Waals surface area contributed by atoms with Gasteiger partial charge in [-0.05, 0) is 0 Å². The van der Waals surface area contributed by atoms with Gasteiger partial charge in [-0.1, -0.05) is 0 Å². The van der Waals surface area contributed by atoms with E-state index in [1.54, 1.807) is 0 Å². The van der Waals surface area contributed by atoms with Gasteiger partial charge < -0.3 is 14.4 Å². The molecule has 0 radical (unpaired) electrons. The Hall–Kier alpha value is -0.330. The Bertz CT molecular complexity index is 157. The van der Waals surface area contributed by atoms with Crippen LogP contribution in [0.3, 0.4) is 0 Å². The van der Waals surface area contributed by atoms with E-state index in [9.17, 15) is 13.2 Å². The first-order valence-corrected chi connectivity index (χ1v) is 4.64. The van der Waals surface area contributed by atoms with Crippen molar-refractivity contribution in [1.29, 1.82) is 0 Å². The van der Waals surface area contributed by atoms with Crippen molar-refractivity contribution in [3.63, 3.8) is 0 Å². The van der Waals surface area contributed by atoms with Crippen LogP contribution in [-0.2, 0) is 9.47 Å². The van der Waals surface area contributed by atoms with E-state index in [-0.39, 0.29) is 6.61 Å². The van der Waals surface area contributed by atoms with E-state index < -0.39 is 12.8 Å². The first kappa shape index (κ1) is 11.7.